The average molecular weight is 473 g/mol. The number of aromatic nitrogens is 2. The Morgan fingerprint density at radius 3 is 2.67 bits per heavy atom. The molecule has 0 atom stereocenters. The van der Waals surface area contributed by atoms with Crippen molar-refractivity contribution < 1.29 is 22.6 Å². The molecule has 176 valence electrons. The van der Waals surface area contributed by atoms with Gasteiger partial charge < -0.3 is 14.2 Å². The van der Waals surface area contributed by atoms with Gasteiger partial charge in [-0.2, -0.15) is 0 Å². The molecule has 9 nitrogen and oxygen atoms in total. The molecule has 0 saturated carbocycles. The number of methoxy groups -OCH3 is 1. The van der Waals surface area contributed by atoms with Gasteiger partial charge in [-0.1, -0.05) is 18.2 Å². The van der Waals surface area contributed by atoms with Crippen LogP contribution in [0.3, 0.4) is 0 Å². The van der Waals surface area contributed by atoms with Crippen molar-refractivity contribution >= 4 is 26.7 Å². The first-order valence-electron chi connectivity index (χ1n) is 10.8. The molecule has 2 aromatic carbocycles. The minimum absolute atomic E-state index is 0.181. The molecule has 0 amide bonds. The maximum absolute atomic E-state index is 13.0. The fourth-order valence-corrected chi connectivity index (χ4v) is 5.03. The van der Waals surface area contributed by atoms with Gasteiger partial charge in [0.2, 0.25) is 0 Å². The fraction of sp³-hybridized carbons (Fsp3) is 0.391. The highest BCUT2D eigenvalue weighted by Gasteiger charge is 2.20. The Morgan fingerprint density at radius 2 is 1.91 bits per heavy atom. The Hall–Kier alpha value is -2.95. The van der Waals surface area contributed by atoms with Gasteiger partial charge in [0.25, 0.3) is 10.0 Å². The molecule has 0 aliphatic carbocycles. The van der Waals surface area contributed by atoms with E-state index in [4.69, 9.17) is 14.2 Å². The Labute approximate surface area is 193 Å². The number of nitrogens with zero attached hydrogens (tertiary/aromatic N) is 3. The van der Waals surface area contributed by atoms with Crippen molar-refractivity contribution in [2.45, 2.75) is 18.2 Å². The third kappa shape index (κ3) is 5.52. The van der Waals surface area contributed by atoms with E-state index in [2.05, 4.69) is 19.6 Å². The van der Waals surface area contributed by atoms with Crippen LogP contribution in [0.5, 0.6) is 11.5 Å². The van der Waals surface area contributed by atoms with Crippen molar-refractivity contribution in [3.05, 3.63) is 48.3 Å². The van der Waals surface area contributed by atoms with Crippen molar-refractivity contribution in [3.8, 4) is 11.5 Å². The first-order valence-corrected chi connectivity index (χ1v) is 12.3. The van der Waals surface area contributed by atoms with E-state index in [1.54, 1.807) is 50.4 Å². The molecule has 1 aliphatic heterocycles. The number of benzene rings is 2. The Bertz CT molecular complexity index is 1210. The minimum atomic E-state index is -3.82. The van der Waals surface area contributed by atoms with Crippen LogP contribution in [0, 0.1) is 6.92 Å². The van der Waals surface area contributed by atoms with Crippen LogP contribution in [0.4, 0.5) is 5.82 Å². The highest BCUT2D eigenvalue weighted by Crippen LogP contribution is 2.34. The van der Waals surface area contributed by atoms with E-state index in [1.807, 2.05) is 0 Å². The van der Waals surface area contributed by atoms with Crippen molar-refractivity contribution in [1.29, 1.82) is 0 Å². The van der Waals surface area contributed by atoms with Crippen LogP contribution in [0.2, 0.25) is 0 Å². The predicted molar refractivity (Wildman–Crippen MR) is 125 cm³/mol. The summed E-state index contributed by atoms with van der Waals surface area (Å²) in [6.07, 6.45) is 2.19. The van der Waals surface area contributed by atoms with Gasteiger partial charge in [0.1, 0.15) is 6.33 Å². The molecule has 1 fully saturated rings. The molecule has 10 heteroatoms. The minimum Gasteiger partial charge on any atom is -0.493 e. The lowest BCUT2D eigenvalue weighted by Gasteiger charge is -2.26. The first-order chi connectivity index (χ1) is 16.0. The molecular weight excluding hydrogens is 444 g/mol. The predicted octanol–water partition coefficient (Wildman–Crippen LogP) is 2.85. The lowest BCUT2D eigenvalue weighted by atomic mass is 10.2. The molecule has 0 spiro atoms. The number of aryl methyl sites for hydroxylation is 1. The van der Waals surface area contributed by atoms with Crippen LogP contribution in [0.1, 0.15) is 12.0 Å². The van der Waals surface area contributed by atoms with Gasteiger partial charge in [-0.3, -0.25) is 9.62 Å². The van der Waals surface area contributed by atoms with Crippen molar-refractivity contribution in [1.82, 2.24) is 14.9 Å². The average Bonchev–Trinajstić information content (AvgIpc) is 2.82. The third-order valence-corrected chi connectivity index (χ3v) is 7.01. The molecule has 1 N–H and O–H groups in total. The summed E-state index contributed by atoms with van der Waals surface area (Å²) in [7, 11) is -2.28. The maximum atomic E-state index is 13.0. The summed E-state index contributed by atoms with van der Waals surface area (Å²) in [6.45, 7) is 6.64. The molecule has 1 saturated heterocycles. The highest BCUT2D eigenvalue weighted by atomic mass is 32.2. The largest absolute Gasteiger partial charge is 0.493 e. The van der Waals surface area contributed by atoms with Gasteiger partial charge in [0.05, 0.1) is 37.3 Å². The molecule has 2 heterocycles. The monoisotopic (exact) mass is 472 g/mol. The molecule has 3 aromatic rings. The Kier molecular flexibility index (Phi) is 7.26. The molecule has 1 aromatic heterocycles. The molecule has 0 radical (unpaired) electrons. The van der Waals surface area contributed by atoms with Gasteiger partial charge >= 0.3 is 0 Å². The standard InChI is InChI=1S/C23H28N4O5S/c1-17-6-3-4-7-22(17)33(28,29)26-23-18-14-20(30-2)21(15-19(18)24-16-25-23)32-11-5-8-27-9-12-31-13-10-27/h3-4,6-7,14-16H,5,8-13H2,1-2H3,(H,24,25,26). The lowest BCUT2D eigenvalue weighted by Crippen LogP contribution is -2.37. The summed E-state index contributed by atoms with van der Waals surface area (Å²) >= 11 is 0. The molecular formula is C23H28N4O5S. The van der Waals surface area contributed by atoms with Gasteiger partial charge in [-0.25, -0.2) is 18.4 Å². The van der Waals surface area contributed by atoms with Crippen molar-refractivity contribution in [2.24, 2.45) is 0 Å². The van der Waals surface area contributed by atoms with E-state index in [-0.39, 0.29) is 10.7 Å². The smallest absolute Gasteiger partial charge is 0.263 e. The quantitative estimate of drug-likeness (QED) is 0.474. The van der Waals surface area contributed by atoms with Crippen LogP contribution in [-0.4, -0.2) is 69.9 Å². The van der Waals surface area contributed by atoms with E-state index in [0.717, 1.165) is 39.3 Å². The second kappa shape index (κ2) is 10.3. The number of rotatable bonds is 9. The Morgan fingerprint density at radius 1 is 1.12 bits per heavy atom. The molecule has 1 aliphatic rings. The van der Waals surface area contributed by atoms with Crippen LogP contribution < -0.4 is 14.2 Å². The number of anilines is 1. The zero-order chi connectivity index (χ0) is 23.3. The van der Waals surface area contributed by atoms with Gasteiger partial charge in [-0.15, -0.1) is 0 Å². The summed E-state index contributed by atoms with van der Waals surface area (Å²) in [6, 6.07) is 10.2. The summed E-state index contributed by atoms with van der Waals surface area (Å²) in [5, 5.41) is 0.521. The number of sulfonamides is 1. The summed E-state index contributed by atoms with van der Waals surface area (Å²) in [5.74, 6) is 1.22. The maximum Gasteiger partial charge on any atom is 0.263 e. The van der Waals surface area contributed by atoms with E-state index in [1.165, 1.54) is 6.33 Å². The van der Waals surface area contributed by atoms with Crippen molar-refractivity contribution in [2.75, 3.05) is 51.3 Å². The molecule has 0 bridgehead atoms. The summed E-state index contributed by atoms with van der Waals surface area (Å²) in [5.41, 5.74) is 1.20. The SMILES string of the molecule is COc1cc2c(NS(=O)(=O)c3ccccc3C)ncnc2cc1OCCCN1CCOCC1. The highest BCUT2D eigenvalue weighted by molar-refractivity contribution is 7.92. The first kappa shape index (κ1) is 23.2. The lowest BCUT2D eigenvalue weighted by molar-refractivity contribution is 0.0357. The number of hydrogen-bond acceptors (Lipinski definition) is 8. The van der Waals surface area contributed by atoms with Gasteiger partial charge in [-0.05, 0) is 31.0 Å². The summed E-state index contributed by atoms with van der Waals surface area (Å²) in [4.78, 5) is 11.0. The van der Waals surface area contributed by atoms with Crippen molar-refractivity contribution in [3.63, 3.8) is 0 Å². The Balaban J connectivity index is 1.52. The van der Waals surface area contributed by atoms with Crippen LogP contribution >= 0.6 is 0 Å². The van der Waals surface area contributed by atoms with E-state index in [9.17, 15) is 8.42 Å². The number of nitrogens with one attached hydrogen (secondary N) is 1. The third-order valence-electron chi connectivity index (χ3n) is 5.51. The zero-order valence-electron chi connectivity index (χ0n) is 18.8. The van der Waals surface area contributed by atoms with E-state index >= 15 is 0 Å². The molecule has 4 rings (SSSR count). The summed E-state index contributed by atoms with van der Waals surface area (Å²) < 4.78 is 45.3. The number of morpholine rings is 1. The zero-order valence-corrected chi connectivity index (χ0v) is 19.6. The molecule has 33 heavy (non-hydrogen) atoms. The number of ether oxygens (including phenoxy) is 3. The number of fused-ring (bicyclic) bond motifs is 1. The topological polar surface area (TPSA) is 103 Å². The number of hydrogen-bond donors (Lipinski definition) is 1. The van der Waals surface area contributed by atoms with Crippen LogP contribution in [-0.2, 0) is 14.8 Å². The van der Waals surface area contributed by atoms with Crippen LogP contribution in [0.25, 0.3) is 10.9 Å². The normalized spacial score (nSPS) is 14.8. The fourth-order valence-electron chi connectivity index (χ4n) is 3.75. The van der Waals surface area contributed by atoms with Gasteiger partial charge in [0.15, 0.2) is 17.3 Å². The van der Waals surface area contributed by atoms with E-state index < -0.39 is 10.0 Å². The van der Waals surface area contributed by atoms with Crippen LogP contribution in [0.15, 0.2) is 47.6 Å². The second-order valence-corrected chi connectivity index (χ2v) is 9.42. The molecule has 0 unspecified atom stereocenters. The second-order valence-electron chi connectivity index (χ2n) is 7.77. The van der Waals surface area contributed by atoms with E-state index in [0.29, 0.717) is 34.6 Å². The van der Waals surface area contributed by atoms with Gasteiger partial charge in [0, 0.05) is 31.1 Å².